The number of carbonyl (C=O) groups is 2. The fourth-order valence-electron chi connectivity index (χ4n) is 4.22. The van der Waals surface area contributed by atoms with Crippen molar-refractivity contribution in [2.75, 3.05) is 6.54 Å². The van der Waals surface area contributed by atoms with Gasteiger partial charge in [0.1, 0.15) is 5.54 Å². The summed E-state index contributed by atoms with van der Waals surface area (Å²) in [5.41, 5.74) is 0.955. The highest BCUT2D eigenvalue weighted by Crippen LogP contribution is 2.48. The quantitative estimate of drug-likeness (QED) is 0.877. The van der Waals surface area contributed by atoms with Crippen molar-refractivity contribution in [2.24, 2.45) is 0 Å². The molecule has 2 aliphatic heterocycles. The van der Waals surface area contributed by atoms with Gasteiger partial charge >= 0.3 is 0 Å². The first-order chi connectivity index (χ1) is 12.1. The van der Waals surface area contributed by atoms with Crippen molar-refractivity contribution in [3.8, 4) is 0 Å². The fraction of sp³-hybridized carbons (Fsp3) is 0.300. The molecule has 0 aliphatic carbocycles. The number of benzene rings is 2. The molecule has 5 heteroatoms. The molecule has 2 saturated heterocycles. The topological polar surface area (TPSA) is 60.9 Å². The maximum Gasteiger partial charge on any atom is 0.272 e. The normalized spacial score (nSPS) is 26.0. The second-order valence-corrected chi connectivity index (χ2v) is 6.74. The monoisotopic (exact) mass is 336 g/mol. The van der Waals surface area contributed by atoms with Crippen molar-refractivity contribution in [3.63, 3.8) is 0 Å². The van der Waals surface area contributed by atoms with E-state index in [1.54, 1.807) is 4.90 Å². The summed E-state index contributed by atoms with van der Waals surface area (Å²) in [6.45, 7) is 0.587. The van der Waals surface area contributed by atoms with Crippen LogP contribution >= 0.6 is 0 Å². The molecule has 2 atom stereocenters. The second kappa shape index (κ2) is 6.01. The highest BCUT2D eigenvalue weighted by Gasteiger charge is 2.62. The minimum atomic E-state index is -0.997. The average molecular weight is 336 g/mol. The summed E-state index contributed by atoms with van der Waals surface area (Å²) in [7, 11) is 0. The third-order valence-electron chi connectivity index (χ3n) is 5.42. The molecule has 2 unspecified atom stereocenters. The zero-order valence-electron chi connectivity index (χ0n) is 13.8. The highest BCUT2D eigenvalue weighted by atomic mass is 16.5. The van der Waals surface area contributed by atoms with E-state index in [0.717, 1.165) is 16.2 Å². The van der Waals surface area contributed by atoms with Crippen LogP contribution in [0.5, 0.6) is 0 Å². The van der Waals surface area contributed by atoms with Gasteiger partial charge in [-0.2, -0.15) is 0 Å². The molecule has 2 aromatic carbocycles. The van der Waals surface area contributed by atoms with Crippen LogP contribution in [0.15, 0.2) is 60.7 Å². The molecule has 2 aromatic rings. The first-order valence-corrected chi connectivity index (χ1v) is 8.53. The van der Waals surface area contributed by atoms with Crippen LogP contribution < -0.4 is 0 Å². The van der Waals surface area contributed by atoms with Gasteiger partial charge in [-0.3, -0.25) is 14.8 Å². The summed E-state index contributed by atoms with van der Waals surface area (Å²) in [6, 6.07) is 19.4. The standard InChI is InChI=1S/C20H20N2O3/c23-18-11-12-20(21(18)13-15-7-3-1-4-8-15)17(14-22(25)19(20)24)16-9-5-2-6-10-16/h1-10,17,25H,11-14H2. The van der Waals surface area contributed by atoms with Crippen molar-refractivity contribution in [1.29, 1.82) is 0 Å². The lowest BCUT2D eigenvalue weighted by Gasteiger charge is -2.37. The lowest BCUT2D eigenvalue weighted by atomic mass is 9.79. The van der Waals surface area contributed by atoms with Gasteiger partial charge in [-0.25, -0.2) is 5.06 Å². The molecule has 5 nitrogen and oxygen atoms in total. The Morgan fingerprint density at radius 3 is 2.32 bits per heavy atom. The second-order valence-electron chi connectivity index (χ2n) is 6.74. The van der Waals surface area contributed by atoms with E-state index in [1.165, 1.54) is 0 Å². The average Bonchev–Trinajstić information content (AvgIpc) is 3.10. The van der Waals surface area contributed by atoms with Crippen LogP contribution in [-0.2, 0) is 16.1 Å². The van der Waals surface area contributed by atoms with Crippen LogP contribution in [0.25, 0.3) is 0 Å². The van der Waals surface area contributed by atoms with E-state index in [2.05, 4.69) is 0 Å². The molecule has 2 fully saturated rings. The van der Waals surface area contributed by atoms with Gasteiger partial charge in [-0.15, -0.1) is 0 Å². The Kier molecular flexibility index (Phi) is 3.81. The Hall–Kier alpha value is -2.66. The number of hydrogen-bond donors (Lipinski definition) is 1. The van der Waals surface area contributed by atoms with Gasteiger partial charge in [-0.05, 0) is 17.5 Å². The van der Waals surface area contributed by atoms with E-state index in [1.807, 2.05) is 60.7 Å². The molecular formula is C20H20N2O3. The number of hydroxylamine groups is 2. The highest BCUT2D eigenvalue weighted by molar-refractivity contribution is 5.97. The molecule has 2 amide bonds. The van der Waals surface area contributed by atoms with E-state index >= 15 is 0 Å². The minimum Gasteiger partial charge on any atom is -0.323 e. The van der Waals surface area contributed by atoms with E-state index in [-0.39, 0.29) is 24.3 Å². The van der Waals surface area contributed by atoms with Gasteiger partial charge in [0, 0.05) is 18.9 Å². The predicted molar refractivity (Wildman–Crippen MR) is 91.6 cm³/mol. The zero-order chi connectivity index (χ0) is 17.4. The Labute approximate surface area is 146 Å². The Balaban J connectivity index is 1.77. The van der Waals surface area contributed by atoms with Gasteiger partial charge in [0.2, 0.25) is 5.91 Å². The number of likely N-dealkylation sites (tertiary alicyclic amines) is 1. The van der Waals surface area contributed by atoms with Crippen molar-refractivity contribution in [3.05, 3.63) is 71.8 Å². The molecule has 2 heterocycles. The van der Waals surface area contributed by atoms with Gasteiger partial charge < -0.3 is 4.90 Å². The number of hydrogen-bond acceptors (Lipinski definition) is 3. The summed E-state index contributed by atoms with van der Waals surface area (Å²) in [4.78, 5) is 27.3. The van der Waals surface area contributed by atoms with Crippen molar-refractivity contribution in [1.82, 2.24) is 9.96 Å². The molecule has 2 aliphatic rings. The van der Waals surface area contributed by atoms with Gasteiger partial charge in [0.15, 0.2) is 0 Å². The van der Waals surface area contributed by atoms with Gasteiger partial charge in [-0.1, -0.05) is 60.7 Å². The van der Waals surface area contributed by atoms with Crippen LogP contribution in [0.4, 0.5) is 0 Å². The first kappa shape index (κ1) is 15.8. The molecule has 128 valence electrons. The Morgan fingerprint density at radius 2 is 1.64 bits per heavy atom. The largest absolute Gasteiger partial charge is 0.323 e. The smallest absolute Gasteiger partial charge is 0.272 e. The maximum atomic E-state index is 12.9. The summed E-state index contributed by atoms with van der Waals surface area (Å²) in [5, 5.41) is 11.0. The van der Waals surface area contributed by atoms with Crippen molar-refractivity contribution >= 4 is 11.8 Å². The summed E-state index contributed by atoms with van der Waals surface area (Å²) in [6.07, 6.45) is 0.768. The summed E-state index contributed by atoms with van der Waals surface area (Å²) < 4.78 is 0. The molecule has 0 aromatic heterocycles. The number of amides is 2. The van der Waals surface area contributed by atoms with Crippen LogP contribution in [-0.4, -0.2) is 39.1 Å². The SMILES string of the molecule is O=C1CCC2(C(=O)N(O)CC2c2ccccc2)N1Cc1ccccc1. The first-order valence-electron chi connectivity index (χ1n) is 8.53. The Bertz CT molecular complexity index is 793. The van der Waals surface area contributed by atoms with E-state index in [4.69, 9.17) is 0 Å². The fourth-order valence-corrected chi connectivity index (χ4v) is 4.22. The lowest BCUT2D eigenvalue weighted by Crippen LogP contribution is -2.53. The van der Waals surface area contributed by atoms with E-state index < -0.39 is 5.54 Å². The predicted octanol–water partition coefficient (Wildman–Crippen LogP) is 2.56. The number of carbonyl (C=O) groups excluding carboxylic acids is 2. The van der Waals surface area contributed by atoms with Gasteiger partial charge in [0.25, 0.3) is 5.91 Å². The number of rotatable bonds is 3. The van der Waals surface area contributed by atoms with E-state index in [0.29, 0.717) is 19.4 Å². The minimum absolute atomic E-state index is 0.0339. The van der Waals surface area contributed by atoms with Crippen molar-refractivity contribution < 1.29 is 14.8 Å². The molecule has 0 bridgehead atoms. The number of nitrogens with zero attached hydrogens (tertiary/aromatic N) is 2. The van der Waals surface area contributed by atoms with Crippen LogP contribution in [0.2, 0.25) is 0 Å². The Morgan fingerprint density at radius 1 is 1.00 bits per heavy atom. The lowest BCUT2D eigenvalue weighted by molar-refractivity contribution is -0.166. The van der Waals surface area contributed by atoms with Crippen molar-refractivity contribution in [2.45, 2.75) is 30.8 Å². The molecule has 1 spiro atoms. The zero-order valence-corrected chi connectivity index (χ0v) is 13.8. The molecule has 25 heavy (non-hydrogen) atoms. The molecule has 1 N–H and O–H groups in total. The molecule has 0 radical (unpaired) electrons. The van der Waals surface area contributed by atoms with Gasteiger partial charge in [0.05, 0.1) is 6.54 Å². The maximum absolute atomic E-state index is 12.9. The van der Waals surface area contributed by atoms with E-state index in [9.17, 15) is 14.8 Å². The van der Waals surface area contributed by atoms with Crippen LogP contribution in [0.1, 0.15) is 29.9 Å². The summed E-state index contributed by atoms with van der Waals surface area (Å²) >= 11 is 0. The van der Waals surface area contributed by atoms with Crippen LogP contribution in [0, 0.1) is 0 Å². The third-order valence-corrected chi connectivity index (χ3v) is 5.42. The third kappa shape index (κ3) is 2.43. The molecule has 4 rings (SSSR count). The van der Waals surface area contributed by atoms with Crippen LogP contribution in [0.3, 0.4) is 0 Å². The molecule has 0 saturated carbocycles. The summed E-state index contributed by atoms with van der Waals surface area (Å²) in [5.74, 6) is -0.641. The molecular weight excluding hydrogens is 316 g/mol.